The number of carboxylic acid groups (broad SMARTS) is 1. The molecule has 3 heterocycles. The Morgan fingerprint density at radius 1 is 0.816 bits per heavy atom. The van der Waals surface area contributed by atoms with E-state index >= 15 is 0 Å². The number of nitrogens with one attached hydrogen (secondary N) is 3. The zero-order valence-corrected chi connectivity index (χ0v) is 26.6. The third-order valence-corrected chi connectivity index (χ3v) is 8.27. The molecule has 0 aliphatic carbocycles. The topological polar surface area (TPSA) is 353 Å². The minimum absolute atomic E-state index is 0.711. The Bertz CT molecular complexity index is 1170. The van der Waals surface area contributed by atoms with E-state index in [4.69, 9.17) is 23.7 Å². The zero-order valence-electron chi connectivity index (χ0n) is 26.6. The highest BCUT2D eigenvalue weighted by atomic mass is 16.7. The van der Waals surface area contributed by atoms with E-state index in [2.05, 4.69) is 16.0 Å². The number of rotatable bonds is 13. The molecule has 49 heavy (non-hydrogen) atoms. The normalized spacial score (nSPS) is 40.9. The summed E-state index contributed by atoms with van der Waals surface area (Å²) in [7, 11) is 0. The van der Waals surface area contributed by atoms with Crippen LogP contribution in [0.4, 0.5) is 0 Å². The Kier molecular flexibility index (Phi) is 14.2. The largest absolute Gasteiger partial charge is 0.477 e. The highest BCUT2D eigenvalue weighted by Gasteiger charge is 2.57. The first kappa shape index (κ1) is 40.7. The number of hydrogen-bond acceptors (Lipinski definition) is 18. The van der Waals surface area contributed by atoms with E-state index in [0.29, 0.717) is 0 Å². The fourth-order valence-electron chi connectivity index (χ4n) is 5.86. The van der Waals surface area contributed by atoms with Gasteiger partial charge in [-0.25, -0.2) is 4.79 Å². The molecule has 0 aromatic heterocycles. The molecule has 0 radical (unpaired) electrons. The zero-order chi connectivity index (χ0) is 37.0. The summed E-state index contributed by atoms with van der Waals surface area (Å²) >= 11 is 0. The molecular weight excluding hydrogens is 670 g/mol. The van der Waals surface area contributed by atoms with Gasteiger partial charge >= 0.3 is 5.97 Å². The van der Waals surface area contributed by atoms with Crippen molar-refractivity contribution in [2.24, 2.45) is 0 Å². The van der Waals surface area contributed by atoms with E-state index in [9.17, 15) is 70.2 Å². The van der Waals surface area contributed by atoms with E-state index < -0.39 is 147 Å². The van der Waals surface area contributed by atoms with Crippen LogP contribution in [0.1, 0.15) is 27.2 Å². The molecule has 3 aliphatic rings. The van der Waals surface area contributed by atoms with Crippen molar-refractivity contribution in [3.8, 4) is 0 Å². The maximum absolute atomic E-state index is 12.5. The number of aliphatic carboxylic acids is 1. The fourth-order valence-corrected chi connectivity index (χ4v) is 5.86. The van der Waals surface area contributed by atoms with Crippen LogP contribution < -0.4 is 16.0 Å². The van der Waals surface area contributed by atoms with Crippen molar-refractivity contribution in [1.29, 1.82) is 0 Å². The number of aliphatic hydroxyl groups excluding tert-OH is 9. The monoisotopic (exact) mass is 715 g/mol. The van der Waals surface area contributed by atoms with Gasteiger partial charge in [-0.2, -0.15) is 0 Å². The van der Waals surface area contributed by atoms with Gasteiger partial charge in [0.15, 0.2) is 12.6 Å². The smallest absolute Gasteiger partial charge is 0.364 e. The summed E-state index contributed by atoms with van der Waals surface area (Å²) in [6, 6.07) is -4.60. The molecule has 3 fully saturated rings. The summed E-state index contributed by atoms with van der Waals surface area (Å²) in [5, 5.41) is 111. The van der Waals surface area contributed by atoms with Gasteiger partial charge in [0, 0.05) is 27.2 Å². The lowest BCUT2D eigenvalue weighted by atomic mass is 9.88. The molecule has 0 spiro atoms. The second-order valence-electron chi connectivity index (χ2n) is 12.0. The quantitative estimate of drug-likeness (QED) is 0.0842. The molecule has 22 nitrogen and oxygen atoms in total. The average molecular weight is 716 g/mol. The minimum Gasteiger partial charge on any atom is -0.477 e. The SMILES string of the molecule is CC(=O)N[C@H]1[C@H](O[C@H]2[C@@H](O)[C@@H](CO[C@]3(C(=O)O)C[C@H](O)[C@@H](NC(C)=O)[C@H]([C@H](O)[C@H](O)CO)O3)OC(O)[C@@H]2NC(C)=O)O[C@H](CO)[C@@H](O)[C@@H]1O. The summed E-state index contributed by atoms with van der Waals surface area (Å²) in [4.78, 5) is 48.2. The molecule has 282 valence electrons. The predicted octanol–water partition coefficient (Wildman–Crippen LogP) is -7.94. The molecule has 16 atom stereocenters. The van der Waals surface area contributed by atoms with Crippen LogP contribution in [0.5, 0.6) is 0 Å². The number of hydrogen-bond donors (Lipinski definition) is 13. The number of carboxylic acids is 1. The van der Waals surface area contributed by atoms with E-state index in [1.165, 1.54) is 0 Å². The Morgan fingerprint density at radius 2 is 1.39 bits per heavy atom. The Hall–Kier alpha value is -2.68. The van der Waals surface area contributed by atoms with Crippen molar-refractivity contribution in [2.45, 2.75) is 125 Å². The highest BCUT2D eigenvalue weighted by Crippen LogP contribution is 2.35. The number of ether oxygens (including phenoxy) is 5. The molecule has 1 unspecified atom stereocenters. The van der Waals surface area contributed by atoms with Crippen LogP contribution in [-0.4, -0.2) is 192 Å². The van der Waals surface area contributed by atoms with Crippen molar-refractivity contribution in [3.05, 3.63) is 0 Å². The lowest BCUT2D eigenvalue weighted by Crippen LogP contribution is -2.70. The molecule has 3 amide bonds. The molecule has 0 bridgehead atoms. The van der Waals surface area contributed by atoms with Crippen molar-refractivity contribution >= 4 is 23.7 Å². The van der Waals surface area contributed by atoms with E-state index in [1.54, 1.807) is 0 Å². The van der Waals surface area contributed by atoms with Gasteiger partial charge in [-0.1, -0.05) is 0 Å². The van der Waals surface area contributed by atoms with Crippen LogP contribution in [0.15, 0.2) is 0 Å². The maximum atomic E-state index is 12.5. The summed E-state index contributed by atoms with van der Waals surface area (Å²) in [6.45, 7) is 0.360. The van der Waals surface area contributed by atoms with E-state index in [1.807, 2.05) is 0 Å². The Morgan fingerprint density at radius 3 is 1.92 bits per heavy atom. The second kappa shape index (κ2) is 17.0. The second-order valence-corrected chi connectivity index (χ2v) is 12.0. The molecule has 3 rings (SSSR count). The molecule has 13 N–H and O–H groups in total. The number of amides is 3. The standard InChI is InChI=1S/C27H45N3O19/c1-8(33)28-15-11(36)4-27(26(43)44,49-23(15)18(38)12(37)5-31)45-7-14-20(40)22(17(24(42)46-14)30-10(3)35)48-25-16(29-9(2)34)21(41)19(39)13(6-32)47-25/h11-25,31-32,36-42H,4-7H2,1-3H3,(H,28,33)(H,29,34)(H,30,35)(H,43,44)/t11-,12+,13+,14+,15+,16+,17+,18+,19+,20-,21+,22+,23+,24?,25-,27+/m0/s1. The summed E-state index contributed by atoms with van der Waals surface area (Å²) in [5.74, 6) is -6.92. The van der Waals surface area contributed by atoms with Gasteiger partial charge in [0.05, 0.1) is 32.0 Å². The van der Waals surface area contributed by atoms with Gasteiger partial charge in [0.2, 0.25) is 17.7 Å². The predicted molar refractivity (Wildman–Crippen MR) is 153 cm³/mol. The van der Waals surface area contributed by atoms with Crippen LogP contribution >= 0.6 is 0 Å². The molecule has 22 heteroatoms. The lowest BCUT2D eigenvalue weighted by molar-refractivity contribution is -0.342. The fraction of sp³-hybridized carbons (Fsp3) is 0.852. The van der Waals surface area contributed by atoms with Gasteiger partial charge in [-0.05, 0) is 0 Å². The number of carbonyl (C=O) groups excluding carboxylic acids is 3. The highest BCUT2D eigenvalue weighted by molar-refractivity contribution is 5.76. The van der Waals surface area contributed by atoms with Crippen molar-refractivity contribution in [2.75, 3.05) is 19.8 Å². The average Bonchev–Trinajstić information content (AvgIpc) is 3.02. The molecule has 0 aromatic carbocycles. The Labute approximate surface area is 278 Å². The molecule has 3 aliphatic heterocycles. The first-order valence-electron chi connectivity index (χ1n) is 15.2. The first-order chi connectivity index (χ1) is 22.9. The molecule has 0 saturated carbocycles. The first-order valence-corrected chi connectivity index (χ1v) is 15.2. The minimum atomic E-state index is -2.86. The Balaban J connectivity index is 1.92. The van der Waals surface area contributed by atoms with Gasteiger partial charge in [0.1, 0.15) is 67.0 Å². The van der Waals surface area contributed by atoms with Crippen LogP contribution in [0.25, 0.3) is 0 Å². The molecule has 3 saturated heterocycles. The van der Waals surface area contributed by atoms with E-state index in [-0.39, 0.29) is 0 Å². The van der Waals surface area contributed by atoms with E-state index in [0.717, 1.165) is 20.8 Å². The third kappa shape index (κ3) is 9.36. The van der Waals surface area contributed by atoms with Gasteiger partial charge < -0.3 is 90.7 Å². The van der Waals surface area contributed by atoms with Crippen molar-refractivity contribution in [3.63, 3.8) is 0 Å². The summed E-state index contributed by atoms with van der Waals surface area (Å²) in [5.41, 5.74) is 0. The van der Waals surface area contributed by atoms with Crippen LogP contribution in [0.3, 0.4) is 0 Å². The number of carbonyl (C=O) groups is 4. The maximum Gasteiger partial charge on any atom is 0.364 e. The molecular formula is C27H45N3O19. The molecule has 0 aromatic rings. The van der Waals surface area contributed by atoms with Gasteiger partial charge in [-0.15, -0.1) is 0 Å². The van der Waals surface area contributed by atoms with Crippen LogP contribution in [-0.2, 0) is 42.9 Å². The van der Waals surface area contributed by atoms with Crippen LogP contribution in [0, 0.1) is 0 Å². The lowest BCUT2D eigenvalue weighted by Gasteiger charge is -2.49. The van der Waals surface area contributed by atoms with Gasteiger partial charge in [0.25, 0.3) is 5.79 Å². The summed E-state index contributed by atoms with van der Waals surface area (Å²) < 4.78 is 27.8. The summed E-state index contributed by atoms with van der Waals surface area (Å²) in [6.07, 6.45) is -22.7. The van der Waals surface area contributed by atoms with Gasteiger partial charge in [-0.3, -0.25) is 14.4 Å². The van der Waals surface area contributed by atoms with Crippen molar-refractivity contribution in [1.82, 2.24) is 16.0 Å². The number of aliphatic hydroxyl groups is 9. The van der Waals surface area contributed by atoms with Crippen LogP contribution in [0.2, 0.25) is 0 Å². The third-order valence-electron chi connectivity index (χ3n) is 8.27. The van der Waals surface area contributed by atoms with Crippen molar-refractivity contribution < 1.29 is 93.9 Å².